The van der Waals surface area contributed by atoms with Crippen LogP contribution in [0.25, 0.3) is 0 Å². The lowest BCUT2D eigenvalue weighted by atomic mass is 10.2. The second kappa shape index (κ2) is 6.42. The van der Waals surface area contributed by atoms with E-state index in [1.54, 1.807) is 0 Å². The Hall–Kier alpha value is 0.367. The van der Waals surface area contributed by atoms with Crippen LogP contribution >= 0.6 is 38.5 Å². The van der Waals surface area contributed by atoms with Crippen LogP contribution in [0.5, 0.6) is 0 Å². The molecule has 0 radical (unpaired) electrons. The zero-order valence-corrected chi connectivity index (χ0v) is 16.3. The molecule has 0 fully saturated rings. The van der Waals surface area contributed by atoms with E-state index in [0.717, 1.165) is 11.1 Å². The van der Waals surface area contributed by atoms with Crippen molar-refractivity contribution in [1.82, 2.24) is 5.01 Å². The molecule has 3 nitrogen and oxygen atoms in total. The Balaban J connectivity index is 1.85. The molecule has 19 heavy (non-hydrogen) atoms. The number of nitrogens with one attached hydrogen (secondary N) is 1. The average molecular weight is 455 g/mol. The van der Waals surface area contributed by atoms with E-state index in [1.807, 2.05) is 0 Å². The molecule has 0 amide bonds. The summed E-state index contributed by atoms with van der Waals surface area (Å²) in [4.78, 5) is 0. The van der Waals surface area contributed by atoms with Crippen molar-refractivity contribution in [1.29, 1.82) is 0 Å². The van der Waals surface area contributed by atoms with Gasteiger partial charge in [0.2, 0.25) is 0 Å². The number of benzene rings is 1. The third-order valence-electron chi connectivity index (χ3n) is 3.03. The van der Waals surface area contributed by atoms with Gasteiger partial charge in [0.1, 0.15) is 10.8 Å². The molecule has 1 N–H and O–H groups in total. The molecule has 1 heterocycles. The van der Waals surface area contributed by atoms with Gasteiger partial charge in [0.15, 0.2) is 0 Å². The van der Waals surface area contributed by atoms with Crippen LogP contribution in [0.4, 0.5) is 5.69 Å². The Morgan fingerprint density at radius 3 is 2.84 bits per heavy atom. The van der Waals surface area contributed by atoms with Gasteiger partial charge in [-0.1, -0.05) is 58.2 Å². The van der Waals surface area contributed by atoms with Crippen molar-refractivity contribution in [3.63, 3.8) is 0 Å². The van der Waals surface area contributed by atoms with Crippen molar-refractivity contribution in [2.24, 2.45) is 0 Å². The molecule has 106 valence electrons. The molecule has 0 saturated heterocycles. The van der Waals surface area contributed by atoms with Gasteiger partial charge in [0, 0.05) is 24.7 Å². The molecule has 0 spiro atoms. The highest BCUT2D eigenvalue weighted by molar-refractivity contribution is 14.1. The summed E-state index contributed by atoms with van der Waals surface area (Å²) in [5.74, 6) is 0. The highest BCUT2D eigenvalue weighted by Crippen LogP contribution is 2.40. The van der Waals surface area contributed by atoms with Crippen LogP contribution in [-0.2, 0) is 4.74 Å². The molecule has 2 rings (SSSR count). The second-order valence-corrected chi connectivity index (χ2v) is 13.7. The van der Waals surface area contributed by atoms with Crippen LogP contribution in [0.2, 0.25) is 25.7 Å². The number of hydrogen-bond acceptors (Lipinski definition) is 3. The van der Waals surface area contributed by atoms with Gasteiger partial charge in [0.05, 0.1) is 5.69 Å². The number of fused-ring (bicyclic) bond motifs is 1. The predicted molar refractivity (Wildman–Crippen MR) is 95.3 cm³/mol. The smallest absolute Gasteiger partial charge is 0.118 e. The maximum absolute atomic E-state index is 5.81. The summed E-state index contributed by atoms with van der Waals surface area (Å²) in [6, 6.07) is 7.55. The summed E-state index contributed by atoms with van der Waals surface area (Å²) < 4.78 is 7.25. The molecule has 1 aromatic rings. The average Bonchev–Trinajstić information content (AvgIpc) is 2.61. The minimum atomic E-state index is -0.994. The Labute approximate surface area is 138 Å². The molecule has 1 atom stereocenters. The summed E-state index contributed by atoms with van der Waals surface area (Å²) in [5.41, 5.74) is 5.89. The lowest BCUT2D eigenvalue weighted by Gasteiger charge is -2.21. The molecule has 0 aliphatic carbocycles. The van der Waals surface area contributed by atoms with Crippen molar-refractivity contribution in [3.8, 4) is 0 Å². The van der Waals surface area contributed by atoms with Crippen LogP contribution in [0.3, 0.4) is 0 Å². The van der Waals surface area contributed by atoms with Crippen LogP contribution < -0.4 is 5.43 Å². The number of anilines is 1. The minimum Gasteiger partial charge on any atom is -0.365 e. The van der Waals surface area contributed by atoms with Gasteiger partial charge >= 0.3 is 0 Å². The third kappa shape index (κ3) is 4.42. The van der Waals surface area contributed by atoms with Gasteiger partial charge in [-0.3, -0.25) is 0 Å². The predicted octanol–water partition coefficient (Wildman–Crippen LogP) is 4.84. The van der Waals surface area contributed by atoms with Gasteiger partial charge in [-0.05, 0) is 24.2 Å². The lowest BCUT2D eigenvalue weighted by molar-refractivity contribution is 0.0510. The van der Waals surface area contributed by atoms with E-state index < -0.39 is 8.07 Å². The molecule has 6 heteroatoms. The minimum absolute atomic E-state index is 0.317. The van der Waals surface area contributed by atoms with Crippen molar-refractivity contribution in [2.45, 2.75) is 29.7 Å². The van der Waals surface area contributed by atoms with E-state index in [2.05, 4.69) is 86.8 Å². The van der Waals surface area contributed by atoms with E-state index in [0.29, 0.717) is 10.8 Å². The van der Waals surface area contributed by atoms with Gasteiger partial charge in [-0.15, -0.1) is 0 Å². The normalized spacial score (nSPS) is 19.3. The topological polar surface area (TPSA) is 24.5 Å². The van der Waals surface area contributed by atoms with Gasteiger partial charge in [-0.2, -0.15) is 5.01 Å². The summed E-state index contributed by atoms with van der Waals surface area (Å²) >= 11 is 5.96. The van der Waals surface area contributed by atoms with Gasteiger partial charge in [0.25, 0.3) is 0 Å². The molecule has 1 aromatic carbocycles. The zero-order valence-electron chi connectivity index (χ0n) is 11.5. The number of alkyl halides is 1. The van der Waals surface area contributed by atoms with Crippen molar-refractivity contribution >= 4 is 52.3 Å². The second-order valence-electron chi connectivity index (χ2n) is 6.00. The molecule has 1 aliphatic rings. The zero-order chi connectivity index (χ0) is 14.0. The fraction of sp³-hybridized carbons (Fsp3) is 0.538. The number of ether oxygens (including phenoxy) is 1. The van der Waals surface area contributed by atoms with Crippen LogP contribution in [0.15, 0.2) is 22.7 Å². The quantitative estimate of drug-likeness (QED) is 0.226. The summed E-state index contributed by atoms with van der Waals surface area (Å²) in [6.07, 6.45) is 0. The first-order chi connectivity index (χ1) is 8.87. The molecular formula is C13H20BrIN2OSi. The first-order valence-electron chi connectivity index (χ1n) is 6.41. The number of hydrazine groups is 1. The first-order valence-corrected chi connectivity index (χ1v) is 12.2. The fourth-order valence-electron chi connectivity index (χ4n) is 1.85. The summed E-state index contributed by atoms with van der Waals surface area (Å²) in [6.45, 7) is 8.61. The Morgan fingerprint density at radius 2 is 2.16 bits per heavy atom. The standard InChI is InChI=1S/C13H20BrIN2OSi/c1-19(2,3)7-6-18-9-17-13(15)11-8-10(14)4-5-12(11)16-17/h4-5,8,13,16H,6-7,9H2,1-3H3. The van der Waals surface area contributed by atoms with E-state index in [-0.39, 0.29) is 0 Å². The first kappa shape index (κ1) is 15.8. The molecule has 1 unspecified atom stereocenters. The third-order valence-corrected chi connectivity index (χ3v) is 6.58. The van der Waals surface area contributed by atoms with Crippen LogP contribution in [0.1, 0.15) is 9.61 Å². The Morgan fingerprint density at radius 1 is 1.42 bits per heavy atom. The van der Waals surface area contributed by atoms with E-state index >= 15 is 0 Å². The summed E-state index contributed by atoms with van der Waals surface area (Å²) in [7, 11) is -0.994. The molecule has 0 saturated carbocycles. The highest BCUT2D eigenvalue weighted by atomic mass is 127. The molecular weight excluding hydrogens is 435 g/mol. The fourth-order valence-corrected chi connectivity index (χ4v) is 3.80. The molecule has 0 aromatic heterocycles. The van der Waals surface area contributed by atoms with Crippen molar-refractivity contribution < 1.29 is 4.74 Å². The largest absolute Gasteiger partial charge is 0.365 e. The maximum Gasteiger partial charge on any atom is 0.118 e. The number of nitrogens with zero attached hydrogens (tertiary/aromatic N) is 1. The SMILES string of the molecule is C[Si](C)(C)CCOCN1Nc2ccc(Br)cc2C1I. The van der Waals surface area contributed by atoms with Crippen LogP contribution in [-0.4, -0.2) is 26.4 Å². The summed E-state index contributed by atoms with van der Waals surface area (Å²) in [5, 5.41) is 2.14. The molecule has 0 bridgehead atoms. The maximum atomic E-state index is 5.81. The van der Waals surface area contributed by atoms with Crippen molar-refractivity contribution in [3.05, 3.63) is 28.2 Å². The highest BCUT2D eigenvalue weighted by Gasteiger charge is 2.28. The Kier molecular flexibility index (Phi) is 5.32. The van der Waals surface area contributed by atoms with E-state index in [1.165, 1.54) is 17.3 Å². The van der Waals surface area contributed by atoms with Crippen LogP contribution in [0, 0.1) is 0 Å². The lowest BCUT2D eigenvalue weighted by Crippen LogP contribution is -2.29. The van der Waals surface area contributed by atoms with Gasteiger partial charge < -0.3 is 10.2 Å². The number of halogens is 2. The molecule has 1 aliphatic heterocycles. The Bertz CT molecular complexity index is 453. The monoisotopic (exact) mass is 454 g/mol. The van der Waals surface area contributed by atoms with E-state index in [9.17, 15) is 0 Å². The number of hydrogen-bond donors (Lipinski definition) is 1. The van der Waals surface area contributed by atoms with E-state index in [4.69, 9.17) is 4.74 Å². The van der Waals surface area contributed by atoms with Gasteiger partial charge in [-0.25, -0.2) is 0 Å². The van der Waals surface area contributed by atoms with Crippen molar-refractivity contribution in [2.75, 3.05) is 18.8 Å². The number of rotatable bonds is 5.